The van der Waals surface area contributed by atoms with Gasteiger partial charge in [-0.1, -0.05) is 30.2 Å². The Bertz CT molecular complexity index is 1780. The molecule has 4 aromatic rings. The molecule has 5 heterocycles. The summed E-state index contributed by atoms with van der Waals surface area (Å²) < 4.78 is 37.7. The van der Waals surface area contributed by atoms with Crippen molar-refractivity contribution < 1.29 is 18.6 Å². The Morgan fingerprint density at radius 3 is 2.91 bits per heavy atom. The van der Waals surface area contributed by atoms with Gasteiger partial charge in [-0.2, -0.15) is 9.97 Å². The number of rotatable bonds is 6. The van der Waals surface area contributed by atoms with Gasteiger partial charge in [0.15, 0.2) is 5.82 Å². The minimum absolute atomic E-state index is 0.0221. The van der Waals surface area contributed by atoms with Crippen molar-refractivity contribution in [2.24, 2.45) is 0 Å². The van der Waals surface area contributed by atoms with Crippen molar-refractivity contribution in [3.8, 4) is 29.6 Å². The number of aromatic nitrogens is 3. The SMILES string of the molecule is C#Cc1c(F)ccc2cccc(-c3ncc4c(N(C)[C@@H]5CCN[C@@H]5C)nc(OC[C@@]56CCCN5C[C@H](O)C6)nc4c3F)c12. The summed E-state index contributed by atoms with van der Waals surface area (Å²) in [5.41, 5.74) is 0.249. The minimum Gasteiger partial charge on any atom is -0.461 e. The van der Waals surface area contributed by atoms with Gasteiger partial charge in [-0.3, -0.25) is 9.88 Å². The topological polar surface area (TPSA) is 86.6 Å². The largest absolute Gasteiger partial charge is 0.461 e. The summed E-state index contributed by atoms with van der Waals surface area (Å²) in [6, 6.07) is 8.61. The minimum atomic E-state index is -0.659. The monoisotopic (exact) mass is 584 g/mol. The second-order valence-corrected chi connectivity index (χ2v) is 12.1. The van der Waals surface area contributed by atoms with E-state index in [1.807, 2.05) is 18.0 Å². The van der Waals surface area contributed by atoms with Crippen LogP contribution in [0.25, 0.3) is 32.9 Å². The average Bonchev–Trinajstić information content (AvgIpc) is 3.69. The van der Waals surface area contributed by atoms with E-state index < -0.39 is 17.7 Å². The van der Waals surface area contributed by atoms with E-state index in [9.17, 15) is 9.50 Å². The number of hydrogen-bond donors (Lipinski definition) is 2. The molecule has 3 saturated heterocycles. The number of halogens is 2. The van der Waals surface area contributed by atoms with E-state index in [1.165, 1.54) is 6.07 Å². The third-order valence-electron chi connectivity index (χ3n) is 9.61. The molecule has 0 spiro atoms. The third-order valence-corrected chi connectivity index (χ3v) is 9.61. The molecule has 0 bridgehead atoms. The summed E-state index contributed by atoms with van der Waals surface area (Å²) in [5.74, 6) is 1.75. The van der Waals surface area contributed by atoms with Crippen LogP contribution in [0.2, 0.25) is 0 Å². The molecule has 43 heavy (non-hydrogen) atoms. The fraction of sp³-hybridized carbons (Fsp3) is 0.424. The van der Waals surface area contributed by atoms with Crippen LogP contribution in [-0.2, 0) is 0 Å². The lowest BCUT2D eigenvalue weighted by Gasteiger charge is -2.32. The molecule has 0 unspecified atom stereocenters. The van der Waals surface area contributed by atoms with Gasteiger partial charge in [0.2, 0.25) is 0 Å². The Morgan fingerprint density at radius 2 is 2.12 bits per heavy atom. The summed E-state index contributed by atoms with van der Waals surface area (Å²) in [5, 5.41) is 15.4. The Hall–Kier alpha value is -3.91. The number of ether oxygens (including phenoxy) is 1. The van der Waals surface area contributed by atoms with E-state index in [0.29, 0.717) is 47.1 Å². The van der Waals surface area contributed by atoms with Crippen LogP contribution in [-0.4, -0.2) is 82.0 Å². The normalized spacial score (nSPS) is 25.3. The molecular weight excluding hydrogens is 550 g/mol. The average molecular weight is 585 g/mol. The second kappa shape index (κ2) is 10.7. The van der Waals surface area contributed by atoms with Crippen molar-refractivity contribution in [3.05, 3.63) is 53.7 Å². The Labute approximate surface area is 249 Å². The van der Waals surface area contributed by atoms with Gasteiger partial charge in [0, 0.05) is 42.8 Å². The van der Waals surface area contributed by atoms with Crippen molar-refractivity contribution in [2.45, 2.75) is 56.3 Å². The molecule has 7 rings (SSSR count). The number of aliphatic hydroxyl groups excluding tert-OH is 1. The van der Waals surface area contributed by atoms with Crippen LogP contribution >= 0.6 is 0 Å². The summed E-state index contributed by atoms with van der Waals surface area (Å²) in [7, 11) is 1.95. The predicted octanol–water partition coefficient (Wildman–Crippen LogP) is 4.27. The number of terminal acetylenes is 1. The van der Waals surface area contributed by atoms with Crippen LogP contribution < -0.4 is 15.0 Å². The molecule has 3 fully saturated rings. The molecule has 222 valence electrons. The van der Waals surface area contributed by atoms with Gasteiger partial charge in [-0.25, -0.2) is 8.78 Å². The molecular formula is C33H34F2N6O2. The molecule has 2 aromatic carbocycles. The number of benzene rings is 2. The molecule has 2 aromatic heterocycles. The summed E-state index contributed by atoms with van der Waals surface area (Å²) in [6.45, 7) is 4.82. The van der Waals surface area contributed by atoms with Crippen LogP contribution in [0.3, 0.4) is 0 Å². The molecule has 4 atom stereocenters. The molecule has 3 aliphatic rings. The van der Waals surface area contributed by atoms with Crippen molar-refractivity contribution in [2.75, 3.05) is 38.2 Å². The predicted molar refractivity (Wildman–Crippen MR) is 162 cm³/mol. The maximum atomic E-state index is 16.7. The van der Waals surface area contributed by atoms with Gasteiger partial charge < -0.3 is 20.1 Å². The summed E-state index contributed by atoms with van der Waals surface area (Å²) in [4.78, 5) is 18.3. The van der Waals surface area contributed by atoms with Gasteiger partial charge in [0.25, 0.3) is 0 Å². The highest BCUT2D eigenvalue weighted by atomic mass is 19.1. The third kappa shape index (κ3) is 4.58. The van der Waals surface area contributed by atoms with Gasteiger partial charge in [-0.05, 0) is 57.1 Å². The first-order chi connectivity index (χ1) is 20.8. The number of aliphatic hydroxyl groups is 1. The maximum absolute atomic E-state index is 16.7. The summed E-state index contributed by atoms with van der Waals surface area (Å²) >= 11 is 0. The number of anilines is 1. The van der Waals surface area contributed by atoms with E-state index in [1.54, 1.807) is 24.4 Å². The number of nitrogens with one attached hydrogen (secondary N) is 1. The maximum Gasteiger partial charge on any atom is 0.319 e. The van der Waals surface area contributed by atoms with Crippen molar-refractivity contribution in [1.82, 2.24) is 25.2 Å². The van der Waals surface area contributed by atoms with E-state index in [0.717, 1.165) is 32.4 Å². The van der Waals surface area contributed by atoms with Gasteiger partial charge in [0.1, 0.15) is 29.5 Å². The van der Waals surface area contributed by atoms with Crippen LogP contribution in [0.5, 0.6) is 6.01 Å². The number of likely N-dealkylation sites (N-methyl/N-ethyl adjacent to an activating group) is 1. The highest BCUT2D eigenvalue weighted by Crippen LogP contribution is 2.40. The molecule has 3 aliphatic heterocycles. The quantitative estimate of drug-likeness (QED) is 0.325. The molecule has 0 saturated carbocycles. The van der Waals surface area contributed by atoms with Crippen molar-refractivity contribution in [1.29, 1.82) is 0 Å². The zero-order chi connectivity index (χ0) is 29.9. The molecule has 0 radical (unpaired) electrons. The zero-order valence-electron chi connectivity index (χ0n) is 24.3. The van der Waals surface area contributed by atoms with Crippen molar-refractivity contribution in [3.63, 3.8) is 0 Å². The lowest BCUT2D eigenvalue weighted by atomic mass is 9.94. The van der Waals surface area contributed by atoms with Gasteiger partial charge >= 0.3 is 6.01 Å². The van der Waals surface area contributed by atoms with Crippen LogP contribution in [0.15, 0.2) is 36.5 Å². The van der Waals surface area contributed by atoms with Crippen LogP contribution in [0.1, 0.15) is 38.2 Å². The molecule has 0 amide bonds. The second-order valence-electron chi connectivity index (χ2n) is 12.1. The highest BCUT2D eigenvalue weighted by molar-refractivity contribution is 6.02. The van der Waals surface area contributed by atoms with Gasteiger partial charge in [0.05, 0.1) is 22.6 Å². The fourth-order valence-electron chi connectivity index (χ4n) is 7.46. The number of β-amino-alcohol motifs (C(OH)–C–C–N with tert-alkyl or cyclic N) is 1. The molecule has 0 aliphatic carbocycles. The molecule has 8 nitrogen and oxygen atoms in total. The fourth-order valence-corrected chi connectivity index (χ4v) is 7.46. The number of nitrogens with zero attached hydrogens (tertiary/aromatic N) is 5. The number of pyridine rings is 1. The zero-order valence-corrected chi connectivity index (χ0v) is 24.3. The molecule has 10 heteroatoms. The summed E-state index contributed by atoms with van der Waals surface area (Å²) in [6.07, 6.45) is 10.3. The van der Waals surface area contributed by atoms with E-state index in [-0.39, 0.29) is 40.4 Å². The highest BCUT2D eigenvalue weighted by Gasteiger charge is 2.48. The lowest BCUT2D eigenvalue weighted by molar-refractivity contribution is 0.107. The van der Waals surface area contributed by atoms with Crippen LogP contribution in [0, 0.1) is 24.0 Å². The van der Waals surface area contributed by atoms with Crippen LogP contribution in [0.4, 0.5) is 14.6 Å². The lowest BCUT2D eigenvalue weighted by Crippen LogP contribution is -2.43. The van der Waals surface area contributed by atoms with E-state index >= 15 is 4.39 Å². The molecule has 2 N–H and O–H groups in total. The van der Waals surface area contributed by atoms with E-state index in [4.69, 9.17) is 16.1 Å². The van der Waals surface area contributed by atoms with E-state index in [2.05, 4.69) is 33.0 Å². The first-order valence-corrected chi connectivity index (χ1v) is 14.9. The standard InChI is InChI=1S/C33H34F2N6O2/c1-4-22-25(34)10-9-20-7-5-8-23(27(20)22)29-28(35)30-24(16-37-29)31(40(3)26-11-13-36-19(26)2)39-32(38-30)43-18-33-12-6-14-41(33)17-21(42)15-33/h1,5,7-10,16,19,21,26,36,42H,6,11-15,17-18H2,2-3H3/t19-,21-,26-,33+/m1/s1. The number of hydrogen-bond acceptors (Lipinski definition) is 8. The Kier molecular flexibility index (Phi) is 6.92. The Morgan fingerprint density at radius 1 is 1.26 bits per heavy atom. The first-order valence-electron chi connectivity index (χ1n) is 14.9. The van der Waals surface area contributed by atoms with Crippen molar-refractivity contribution >= 4 is 27.5 Å². The smallest absolute Gasteiger partial charge is 0.319 e. The Balaban J connectivity index is 1.37. The van der Waals surface area contributed by atoms with Gasteiger partial charge in [-0.15, -0.1) is 6.42 Å². The first kappa shape index (κ1) is 27.9. The number of fused-ring (bicyclic) bond motifs is 3.